The Bertz CT molecular complexity index is 382. The molecule has 1 atom stereocenters. The smallest absolute Gasteiger partial charge is 0.224 e. The molecule has 0 spiro atoms. The van der Waals surface area contributed by atoms with Crippen molar-refractivity contribution in [2.45, 2.75) is 13.3 Å². The van der Waals surface area contributed by atoms with Crippen LogP contribution in [-0.2, 0) is 4.79 Å². The van der Waals surface area contributed by atoms with Gasteiger partial charge in [0.1, 0.15) is 0 Å². The molecule has 0 aliphatic carbocycles. The molecule has 0 saturated heterocycles. The number of nitrogens with two attached hydrogens (primary N) is 1. The second-order valence-electron chi connectivity index (χ2n) is 3.72. The third kappa shape index (κ3) is 4.00. The summed E-state index contributed by atoms with van der Waals surface area (Å²) in [5.41, 5.74) is 6.08. The summed E-state index contributed by atoms with van der Waals surface area (Å²) in [7, 11) is 0. The van der Waals surface area contributed by atoms with Gasteiger partial charge >= 0.3 is 0 Å². The van der Waals surface area contributed by atoms with Gasteiger partial charge in [-0.25, -0.2) is 0 Å². The van der Waals surface area contributed by atoms with Crippen LogP contribution in [0.3, 0.4) is 0 Å². The average Bonchev–Trinajstić information content (AvgIpc) is 2.23. The molecule has 0 aliphatic rings. The largest absolute Gasteiger partial charge is 0.330 e. The highest BCUT2D eigenvalue weighted by Crippen LogP contribution is 2.25. The molecule has 1 aromatic rings. The number of hydrogen-bond donors (Lipinski definition) is 2. The Hall–Kier alpha value is -0.770. The van der Waals surface area contributed by atoms with Crippen LogP contribution in [0.4, 0.5) is 5.69 Å². The van der Waals surface area contributed by atoms with Crippen molar-refractivity contribution in [1.29, 1.82) is 0 Å². The van der Waals surface area contributed by atoms with E-state index in [-0.39, 0.29) is 11.8 Å². The first-order chi connectivity index (χ1) is 7.52. The Morgan fingerprint density at radius 2 is 2.12 bits per heavy atom. The first kappa shape index (κ1) is 13.3. The third-order valence-corrected chi connectivity index (χ3v) is 2.88. The number of rotatable bonds is 4. The maximum Gasteiger partial charge on any atom is 0.224 e. The molecule has 0 radical (unpaired) electrons. The molecular weight excluding hydrogens is 247 g/mol. The molecule has 0 heterocycles. The summed E-state index contributed by atoms with van der Waals surface area (Å²) in [6.45, 7) is 2.42. The number of carbonyl (C=O) groups excluding carboxylic acids is 1. The van der Waals surface area contributed by atoms with E-state index in [9.17, 15) is 4.79 Å². The highest BCUT2D eigenvalue weighted by molar-refractivity contribution is 6.42. The SMILES string of the molecule is CC(CN)CC(=O)Nc1ccc(Cl)c(Cl)c1. The highest BCUT2D eigenvalue weighted by atomic mass is 35.5. The normalized spacial score (nSPS) is 12.2. The van der Waals surface area contributed by atoms with Gasteiger partial charge in [-0.2, -0.15) is 0 Å². The zero-order valence-corrected chi connectivity index (χ0v) is 10.5. The molecule has 0 fully saturated rings. The minimum Gasteiger partial charge on any atom is -0.330 e. The molecule has 1 aromatic carbocycles. The van der Waals surface area contributed by atoms with Gasteiger partial charge in [-0.05, 0) is 30.7 Å². The lowest BCUT2D eigenvalue weighted by Crippen LogP contribution is -2.20. The van der Waals surface area contributed by atoms with E-state index in [0.29, 0.717) is 28.7 Å². The van der Waals surface area contributed by atoms with Crippen molar-refractivity contribution in [2.75, 3.05) is 11.9 Å². The van der Waals surface area contributed by atoms with E-state index in [1.807, 2.05) is 6.92 Å². The van der Waals surface area contributed by atoms with Crippen LogP contribution in [-0.4, -0.2) is 12.5 Å². The molecule has 5 heteroatoms. The molecule has 3 nitrogen and oxygen atoms in total. The Kier molecular flexibility index (Phi) is 5.06. The lowest BCUT2D eigenvalue weighted by molar-refractivity contribution is -0.116. The Labute approximate surface area is 105 Å². The van der Waals surface area contributed by atoms with Crippen LogP contribution in [0.5, 0.6) is 0 Å². The number of halogens is 2. The van der Waals surface area contributed by atoms with Gasteiger partial charge in [0.2, 0.25) is 5.91 Å². The lowest BCUT2D eigenvalue weighted by Gasteiger charge is -2.09. The van der Waals surface area contributed by atoms with Crippen LogP contribution in [0.15, 0.2) is 18.2 Å². The third-order valence-electron chi connectivity index (χ3n) is 2.14. The van der Waals surface area contributed by atoms with E-state index in [4.69, 9.17) is 28.9 Å². The summed E-state index contributed by atoms with van der Waals surface area (Å²) in [6, 6.07) is 4.97. The van der Waals surface area contributed by atoms with E-state index in [1.54, 1.807) is 18.2 Å². The first-order valence-electron chi connectivity index (χ1n) is 4.98. The number of nitrogens with one attached hydrogen (secondary N) is 1. The molecule has 16 heavy (non-hydrogen) atoms. The van der Waals surface area contributed by atoms with Crippen molar-refractivity contribution >= 4 is 34.8 Å². The molecule has 1 rings (SSSR count). The Morgan fingerprint density at radius 3 is 2.69 bits per heavy atom. The molecular formula is C11H14Cl2N2O. The van der Waals surface area contributed by atoms with Crippen LogP contribution in [0.1, 0.15) is 13.3 Å². The standard InChI is InChI=1S/C11H14Cl2N2O/c1-7(6-14)4-11(16)15-8-2-3-9(12)10(13)5-8/h2-3,5,7H,4,6,14H2,1H3,(H,15,16). The predicted molar refractivity (Wildman–Crippen MR) is 67.9 cm³/mol. The zero-order chi connectivity index (χ0) is 12.1. The molecule has 1 unspecified atom stereocenters. The summed E-state index contributed by atoms with van der Waals surface area (Å²) in [4.78, 5) is 11.5. The van der Waals surface area contributed by atoms with Crippen LogP contribution in [0, 0.1) is 5.92 Å². The molecule has 1 amide bonds. The number of hydrogen-bond acceptors (Lipinski definition) is 2. The lowest BCUT2D eigenvalue weighted by atomic mass is 10.1. The number of amides is 1. The predicted octanol–water partition coefficient (Wildman–Crippen LogP) is 2.92. The van der Waals surface area contributed by atoms with Crippen molar-refractivity contribution < 1.29 is 4.79 Å². The van der Waals surface area contributed by atoms with E-state index in [0.717, 1.165) is 0 Å². The second kappa shape index (κ2) is 6.09. The number of benzene rings is 1. The summed E-state index contributed by atoms with van der Waals surface area (Å²) < 4.78 is 0. The summed E-state index contributed by atoms with van der Waals surface area (Å²) in [5, 5.41) is 3.63. The molecule has 0 aromatic heterocycles. The van der Waals surface area contributed by atoms with E-state index in [1.165, 1.54) is 0 Å². The Balaban J connectivity index is 2.59. The van der Waals surface area contributed by atoms with Crippen LogP contribution >= 0.6 is 23.2 Å². The fourth-order valence-corrected chi connectivity index (χ4v) is 1.48. The maximum absolute atomic E-state index is 11.5. The zero-order valence-electron chi connectivity index (χ0n) is 8.97. The molecule has 0 bridgehead atoms. The molecule has 0 saturated carbocycles. The fourth-order valence-electron chi connectivity index (χ4n) is 1.19. The van der Waals surface area contributed by atoms with Gasteiger partial charge in [-0.3, -0.25) is 4.79 Å². The summed E-state index contributed by atoms with van der Waals surface area (Å²) in [5.74, 6) is 0.0964. The second-order valence-corrected chi connectivity index (χ2v) is 4.54. The molecule has 3 N–H and O–H groups in total. The fraction of sp³-hybridized carbons (Fsp3) is 0.364. The quantitative estimate of drug-likeness (QED) is 0.875. The van der Waals surface area contributed by atoms with E-state index >= 15 is 0 Å². The number of anilines is 1. The van der Waals surface area contributed by atoms with Crippen molar-refractivity contribution in [1.82, 2.24) is 0 Å². The van der Waals surface area contributed by atoms with Gasteiger partial charge in [0.15, 0.2) is 0 Å². The van der Waals surface area contributed by atoms with Gasteiger partial charge in [0.05, 0.1) is 10.0 Å². The monoisotopic (exact) mass is 260 g/mol. The van der Waals surface area contributed by atoms with Gasteiger partial charge in [-0.1, -0.05) is 30.1 Å². The van der Waals surface area contributed by atoms with Gasteiger partial charge in [-0.15, -0.1) is 0 Å². The van der Waals surface area contributed by atoms with Crippen molar-refractivity contribution in [3.63, 3.8) is 0 Å². The van der Waals surface area contributed by atoms with Crippen molar-refractivity contribution in [3.8, 4) is 0 Å². The van der Waals surface area contributed by atoms with E-state index < -0.39 is 0 Å². The number of carbonyl (C=O) groups is 1. The maximum atomic E-state index is 11.5. The van der Waals surface area contributed by atoms with Crippen molar-refractivity contribution in [3.05, 3.63) is 28.2 Å². The van der Waals surface area contributed by atoms with E-state index in [2.05, 4.69) is 5.32 Å². The topological polar surface area (TPSA) is 55.1 Å². The first-order valence-corrected chi connectivity index (χ1v) is 5.73. The van der Waals surface area contributed by atoms with Gasteiger partial charge in [0.25, 0.3) is 0 Å². The van der Waals surface area contributed by atoms with Crippen molar-refractivity contribution in [2.24, 2.45) is 11.7 Å². The average molecular weight is 261 g/mol. The minimum absolute atomic E-state index is 0.0728. The molecule has 88 valence electrons. The molecule has 0 aliphatic heterocycles. The van der Waals surface area contributed by atoms with Gasteiger partial charge in [0, 0.05) is 12.1 Å². The highest BCUT2D eigenvalue weighted by Gasteiger charge is 2.08. The van der Waals surface area contributed by atoms with Gasteiger partial charge < -0.3 is 11.1 Å². The minimum atomic E-state index is -0.0728. The van der Waals surface area contributed by atoms with Crippen LogP contribution in [0.25, 0.3) is 0 Å². The Morgan fingerprint density at radius 1 is 1.44 bits per heavy atom. The van der Waals surface area contributed by atoms with Crippen LogP contribution < -0.4 is 11.1 Å². The summed E-state index contributed by atoms with van der Waals surface area (Å²) in [6.07, 6.45) is 0.400. The summed E-state index contributed by atoms with van der Waals surface area (Å²) >= 11 is 11.6. The van der Waals surface area contributed by atoms with Crippen LogP contribution in [0.2, 0.25) is 10.0 Å².